The van der Waals surface area contributed by atoms with Crippen molar-refractivity contribution in [3.63, 3.8) is 0 Å². The van der Waals surface area contributed by atoms with Crippen LogP contribution in [-0.4, -0.2) is 5.78 Å². The molecule has 76 valence electrons. The number of anilines is 1. The summed E-state index contributed by atoms with van der Waals surface area (Å²) in [6.07, 6.45) is 3.21. The zero-order valence-corrected chi connectivity index (χ0v) is 8.95. The summed E-state index contributed by atoms with van der Waals surface area (Å²) in [5, 5.41) is 0. The first-order chi connectivity index (χ1) is 6.75. The highest BCUT2D eigenvalue weighted by molar-refractivity contribution is 6.07. The third-order valence-corrected chi connectivity index (χ3v) is 1.54. The van der Waals surface area contributed by atoms with E-state index >= 15 is 0 Å². The van der Waals surface area contributed by atoms with E-state index in [0.717, 1.165) is 0 Å². The van der Waals surface area contributed by atoms with Crippen molar-refractivity contribution in [3.05, 3.63) is 42.0 Å². The maximum absolute atomic E-state index is 11.3. The van der Waals surface area contributed by atoms with Crippen molar-refractivity contribution in [1.82, 2.24) is 0 Å². The van der Waals surface area contributed by atoms with E-state index in [9.17, 15) is 4.79 Å². The van der Waals surface area contributed by atoms with E-state index in [1.54, 1.807) is 31.2 Å². The zero-order valence-electron chi connectivity index (χ0n) is 8.95. The minimum atomic E-state index is -0.0457. The lowest BCUT2D eigenvalue weighted by Gasteiger charge is -1.99. The second-order valence-corrected chi connectivity index (χ2v) is 2.45. The summed E-state index contributed by atoms with van der Waals surface area (Å²) in [5.74, 6) is -0.0457. The molecule has 0 saturated heterocycles. The van der Waals surface area contributed by atoms with Crippen molar-refractivity contribution in [2.75, 3.05) is 5.73 Å². The normalized spacial score (nSPS) is 9.36. The number of rotatable bonds is 2. The summed E-state index contributed by atoms with van der Waals surface area (Å²) in [4.78, 5) is 11.3. The predicted molar refractivity (Wildman–Crippen MR) is 61.3 cm³/mol. The van der Waals surface area contributed by atoms with Gasteiger partial charge in [0.15, 0.2) is 5.78 Å². The van der Waals surface area contributed by atoms with Crippen LogP contribution in [0.4, 0.5) is 5.69 Å². The number of nitrogen functional groups attached to an aromatic ring is 1. The second-order valence-electron chi connectivity index (χ2n) is 2.45. The van der Waals surface area contributed by atoms with Crippen LogP contribution in [0.5, 0.6) is 0 Å². The van der Waals surface area contributed by atoms with Crippen LogP contribution < -0.4 is 5.73 Å². The monoisotopic (exact) mass is 191 g/mol. The molecule has 0 radical (unpaired) electrons. The number of allylic oxidation sites excluding steroid dienone is 2. The molecular formula is C12H17NO. The molecule has 0 fully saturated rings. The molecule has 1 aromatic carbocycles. The van der Waals surface area contributed by atoms with Crippen LogP contribution in [0.1, 0.15) is 31.1 Å². The fourth-order valence-electron chi connectivity index (χ4n) is 0.963. The minimum absolute atomic E-state index is 0.0457. The predicted octanol–water partition coefficient (Wildman–Crippen LogP) is 3.05. The number of carbonyl (C=O) groups excluding carboxylic acids is 1. The molecule has 2 heteroatoms. The van der Waals surface area contributed by atoms with Gasteiger partial charge in [-0.15, -0.1) is 0 Å². The van der Waals surface area contributed by atoms with E-state index in [1.807, 2.05) is 19.9 Å². The Morgan fingerprint density at radius 2 is 1.86 bits per heavy atom. The highest BCUT2D eigenvalue weighted by Crippen LogP contribution is 2.11. The SMILES string of the molecule is C/C=C/C(=O)c1ccccc1N.CC. The van der Waals surface area contributed by atoms with Gasteiger partial charge in [-0.2, -0.15) is 0 Å². The van der Waals surface area contributed by atoms with Crippen LogP contribution in [0.25, 0.3) is 0 Å². The van der Waals surface area contributed by atoms with Gasteiger partial charge in [-0.05, 0) is 25.1 Å². The van der Waals surface area contributed by atoms with Crippen LogP contribution >= 0.6 is 0 Å². The van der Waals surface area contributed by atoms with E-state index in [4.69, 9.17) is 5.73 Å². The van der Waals surface area contributed by atoms with Gasteiger partial charge in [0.2, 0.25) is 0 Å². The van der Waals surface area contributed by atoms with Crippen LogP contribution in [0.15, 0.2) is 36.4 Å². The van der Waals surface area contributed by atoms with Gasteiger partial charge in [-0.25, -0.2) is 0 Å². The quantitative estimate of drug-likeness (QED) is 0.443. The van der Waals surface area contributed by atoms with Crippen LogP contribution in [0, 0.1) is 0 Å². The molecule has 1 aromatic rings. The number of carbonyl (C=O) groups is 1. The first-order valence-corrected chi connectivity index (χ1v) is 4.77. The van der Waals surface area contributed by atoms with Crippen LogP contribution in [0.3, 0.4) is 0 Å². The molecule has 0 bridgehead atoms. The van der Waals surface area contributed by atoms with Gasteiger partial charge in [0.05, 0.1) is 0 Å². The number of benzene rings is 1. The maximum atomic E-state index is 11.3. The molecule has 0 atom stereocenters. The van der Waals surface area contributed by atoms with Gasteiger partial charge < -0.3 is 5.73 Å². The molecule has 0 heterocycles. The van der Waals surface area contributed by atoms with Gasteiger partial charge in [0.1, 0.15) is 0 Å². The van der Waals surface area contributed by atoms with Crippen LogP contribution in [0.2, 0.25) is 0 Å². The summed E-state index contributed by atoms with van der Waals surface area (Å²) in [6.45, 7) is 5.80. The lowest BCUT2D eigenvalue weighted by atomic mass is 10.1. The number of ketones is 1. The standard InChI is InChI=1S/C10H11NO.C2H6/c1-2-5-10(12)8-6-3-4-7-9(8)11;1-2/h2-7H,11H2,1H3;1-2H3/b5-2+;. The van der Waals surface area contributed by atoms with E-state index in [-0.39, 0.29) is 5.78 Å². The van der Waals surface area contributed by atoms with Crippen LogP contribution in [-0.2, 0) is 0 Å². The fraction of sp³-hybridized carbons (Fsp3) is 0.250. The molecule has 0 aliphatic rings. The largest absolute Gasteiger partial charge is 0.398 e. The van der Waals surface area contributed by atoms with Gasteiger partial charge in [0.25, 0.3) is 0 Å². The smallest absolute Gasteiger partial charge is 0.187 e. The van der Waals surface area contributed by atoms with E-state index in [2.05, 4.69) is 0 Å². The van der Waals surface area contributed by atoms with Crippen molar-refractivity contribution in [2.24, 2.45) is 0 Å². The van der Waals surface area contributed by atoms with E-state index < -0.39 is 0 Å². The summed E-state index contributed by atoms with van der Waals surface area (Å²) < 4.78 is 0. The Bertz CT molecular complexity index is 316. The molecular weight excluding hydrogens is 174 g/mol. The molecule has 0 saturated carbocycles. The summed E-state index contributed by atoms with van der Waals surface area (Å²) >= 11 is 0. The first-order valence-electron chi connectivity index (χ1n) is 4.77. The molecule has 14 heavy (non-hydrogen) atoms. The van der Waals surface area contributed by atoms with Gasteiger partial charge >= 0.3 is 0 Å². The third-order valence-electron chi connectivity index (χ3n) is 1.54. The van der Waals surface area contributed by atoms with Gasteiger partial charge in [0, 0.05) is 11.3 Å². The zero-order chi connectivity index (χ0) is 11.0. The Kier molecular flexibility index (Phi) is 6.12. The maximum Gasteiger partial charge on any atom is 0.187 e. The number of nitrogens with two attached hydrogens (primary N) is 1. The van der Waals surface area contributed by atoms with Crippen molar-refractivity contribution >= 4 is 11.5 Å². The van der Waals surface area contributed by atoms with Gasteiger partial charge in [-0.3, -0.25) is 4.79 Å². The molecule has 1 rings (SSSR count). The molecule has 0 unspecified atom stereocenters. The third kappa shape index (κ3) is 3.44. The lowest BCUT2D eigenvalue weighted by Crippen LogP contribution is -1.99. The average Bonchev–Trinajstić information content (AvgIpc) is 2.22. The van der Waals surface area contributed by atoms with Gasteiger partial charge in [-0.1, -0.05) is 32.1 Å². The lowest BCUT2D eigenvalue weighted by molar-refractivity contribution is 0.104. The van der Waals surface area contributed by atoms with E-state index in [0.29, 0.717) is 11.3 Å². The number of hydrogen-bond donors (Lipinski definition) is 1. The van der Waals surface area contributed by atoms with Crippen molar-refractivity contribution < 1.29 is 4.79 Å². The second kappa shape index (κ2) is 6.89. The molecule has 0 aliphatic heterocycles. The Balaban J connectivity index is 0.000000791. The summed E-state index contributed by atoms with van der Waals surface area (Å²) in [7, 11) is 0. The number of hydrogen-bond acceptors (Lipinski definition) is 2. The average molecular weight is 191 g/mol. The fourth-order valence-corrected chi connectivity index (χ4v) is 0.963. The van der Waals surface area contributed by atoms with Crippen molar-refractivity contribution in [3.8, 4) is 0 Å². The highest BCUT2D eigenvalue weighted by atomic mass is 16.1. The molecule has 0 amide bonds. The molecule has 2 nitrogen and oxygen atoms in total. The van der Waals surface area contributed by atoms with E-state index in [1.165, 1.54) is 6.08 Å². The molecule has 0 aliphatic carbocycles. The highest BCUT2D eigenvalue weighted by Gasteiger charge is 2.03. The van der Waals surface area contributed by atoms with Crippen molar-refractivity contribution in [1.29, 1.82) is 0 Å². The van der Waals surface area contributed by atoms with Crippen molar-refractivity contribution in [2.45, 2.75) is 20.8 Å². The Hall–Kier alpha value is -1.57. The summed E-state index contributed by atoms with van der Waals surface area (Å²) in [6, 6.07) is 7.04. The Labute approximate surface area is 85.4 Å². The summed E-state index contributed by atoms with van der Waals surface area (Å²) in [5.41, 5.74) is 6.69. The molecule has 0 aromatic heterocycles. The molecule has 0 spiro atoms. The number of para-hydroxylation sites is 1. The first kappa shape index (κ1) is 12.4. The molecule has 2 N–H and O–H groups in total. The topological polar surface area (TPSA) is 43.1 Å². The Morgan fingerprint density at radius 3 is 2.36 bits per heavy atom. The Morgan fingerprint density at radius 1 is 1.29 bits per heavy atom. The minimum Gasteiger partial charge on any atom is -0.398 e.